The fraction of sp³-hybridized carbons (Fsp3) is 0.167. The molecule has 9 heteroatoms. The summed E-state index contributed by atoms with van der Waals surface area (Å²) in [4.78, 5) is 11.6. The van der Waals surface area contributed by atoms with Crippen LogP contribution in [-0.4, -0.2) is 32.8 Å². The van der Waals surface area contributed by atoms with Gasteiger partial charge in [0.15, 0.2) is 5.75 Å². The van der Waals surface area contributed by atoms with Crippen LogP contribution in [-0.2, 0) is 11.3 Å². The van der Waals surface area contributed by atoms with Crippen LogP contribution >= 0.6 is 23.2 Å². The number of terminal acetylenes is 1. The largest absolute Gasteiger partial charge is 0.488 e. The van der Waals surface area contributed by atoms with Gasteiger partial charge in [-0.25, -0.2) is 9.48 Å². The summed E-state index contributed by atoms with van der Waals surface area (Å²) in [5.41, 5.74) is 0.0661. The molecule has 7 nitrogen and oxygen atoms in total. The standard InChI is InChI=1S/C12H8Cl2N4O3/c1-2-20-12(19)8-3-4-9(13)11(10(8)14)21-6-5-18-7-15-16-17-18/h1,3-4,7H,5-6H2. The molecule has 1 aromatic heterocycles. The zero-order valence-corrected chi connectivity index (χ0v) is 12.0. The zero-order valence-electron chi connectivity index (χ0n) is 10.5. The van der Waals surface area contributed by atoms with Gasteiger partial charge in [0.25, 0.3) is 0 Å². The van der Waals surface area contributed by atoms with Crippen molar-refractivity contribution in [1.29, 1.82) is 0 Å². The van der Waals surface area contributed by atoms with Crippen molar-refractivity contribution in [2.45, 2.75) is 6.54 Å². The highest BCUT2D eigenvalue weighted by molar-refractivity contribution is 6.39. The SMILES string of the molecule is C#COC(=O)c1ccc(Cl)c(OCCn2cnnn2)c1Cl. The predicted molar refractivity (Wildman–Crippen MR) is 74.0 cm³/mol. The van der Waals surface area contributed by atoms with Crippen LogP contribution in [0, 0.1) is 12.5 Å². The molecule has 0 amide bonds. The van der Waals surface area contributed by atoms with Gasteiger partial charge in [0.2, 0.25) is 0 Å². The molecule has 0 bridgehead atoms. The van der Waals surface area contributed by atoms with Crippen LogP contribution in [0.25, 0.3) is 0 Å². The monoisotopic (exact) mass is 326 g/mol. The summed E-state index contributed by atoms with van der Waals surface area (Å²) in [6, 6.07) is 2.87. The first-order chi connectivity index (χ1) is 10.1. The average Bonchev–Trinajstić information content (AvgIpc) is 2.96. The van der Waals surface area contributed by atoms with E-state index >= 15 is 0 Å². The van der Waals surface area contributed by atoms with Crippen molar-refractivity contribution in [2.24, 2.45) is 0 Å². The van der Waals surface area contributed by atoms with Crippen molar-refractivity contribution in [1.82, 2.24) is 20.2 Å². The topological polar surface area (TPSA) is 79.1 Å². The maximum absolute atomic E-state index is 11.6. The van der Waals surface area contributed by atoms with Crippen LogP contribution in [0.15, 0.2) is 18.5 Å². The minimum Gasteiger partial charge on any atom is -0.488 e. The Labute approximate surface area is 129 Å². The van der Waals surface area contributed by atoms with Gasteiger partial charge in [-0.05, 0) is 22.6 Å². The van der Waals surface area contributed by atoms with Crippen LogP contribution < -0.4 is 4.74 Å². The van der Waals surface area contributed by atoms with Gasteiger partial charge in [-0.1, -0.05) is 29.6 Å². The number of carbonyl (C=O) groups excluding carboxylic acids is 1. The third-order valence-electron chi connectivity index (χ3n) is 2.38. The van der Waals surface area contributed by atoms with Crippen molar-refractivity contribution in [3.05, 3.63) is 34.1 Å². The van der Waals surface area contributed by atoms with Gasteiger partial charge in [0.05, 0.1) is 22.2 Å². The van der Waals surface area contributed by atoms with Crippen LogP contribution in [0.1, 0.15) is 10.4 Å². The maximum Gasteiger partial charge on any atom is 0.353 e. The van der Waals surface area contributed by atoms with E-state index in [1.165, 1.54) is 23.1 Å². The summed E-state index contributed by atoms with van der Waals surface area (Å²) in [5.74, 6) is -0.595. The lowest BCUT2D eigenvalue weighted by atomic mass is 10.2. The zero-order chi connectivity index (χ0) is 15.2. The molecule has 1 heterocycles. The van der Waals surface area contributed by atoms with E-state index in [9.17, 15) is 4.79 Å². The number of hydrogen-bond donors (Lipinski definition) is 0. The van der Waals surface area contributed by atoms with Gasteiger partial charge in [-0.15, -0.1) is 5.10 Å². The molecule has 21 heavy (non-hydrogen) atoms. The molecule has 108 valence electrons. The van der Waals surface area contributed by atoms with Crippen molar-refractivity contribution >= 4 is 29.2 Å². The minimum atomic E-state index is -0.760. The molecular weight excluding hydrogens is 319 g/mol. The summed E-state index contributed by atoms with van der Waals surface area (Å²) in [5, 5.41) is 10.9. The predicted octanol–water partition coefficient (Wildman–Crippen LogP) is 1.81. The number of hydrogen-bond acceptors (Lipinski definition) is 6. The number of benzene rings is 1. The number of nitrogens with zero attached hydrogens (tertiary/aromatic N) is 4. The number of ether oxygens (including phenoxy) is 2. The number of esters is 1. The summed E-state index contributed by atoms with van der Waals surface area (Å²) in [7, 11) is 0. The lowest BCUT2D eigenvalue weighted by molar-refractivity contribution is 0.0691. The van der Waals surface area contributed by atoms with Crippen molar-refractivity contribution in [3.8, 4) is 18.3 Å². The molecule has 0 radical (unpaired) electrons. The van der Waals surface area contributed by atoms with E-state index in [1.807, 2.05) is 0 Å². The Balaban J connectivity index is 2.13. The molecule has 0 spiro atoms. The molecule has 0 saturated carbocycles. The molecule has 0 aliphatic heterocycles. The Morgan fingerprint density at radius 3 is 2.90 bits per heavy atom. The molecular formula is C12H8Cl2N4O3. The second-order valence-corrected chi connectivity index (χ2v) is 4.45. The van der Waals surface area contributed by atoms with Gasteiger partial charge >= 0.3 is 5.97 Å². The molecule has 0 fully saturated rings. The first kappa shape index (κ1) is 15.1. The Hall–Kier alpha value is -2.30. The van der Waals surface area contributed by atoms with Crippen LogP contribution in [0.5, 0.6) is 5.75 Å². The molecule has 2 rings (SSSR count). The number of halogens is 2. The van der Waals surface area contributed by atoms with Crippen LogP contribution in [0.2, 0.25) is 10.0 Å². The first-order valence-corrected chi connectivity index (χ1v) is 6.37. The summed E-state index contributed by atoms with van der Waals surface area (Å²) < 4.78 is 11.4. The Bertz CT molecular complexity index is 683. The van der Waals surface area contributed by atoms with Crippen molar-refractivity contribution < 1.29 is 14.3 Å². The lowest BCUT2D eigenvalue weighted by Gasteiger charge is -2.11. The Morgan fingerprint density at radius 2 is 2.24 bits per heavy atom. The maximum atomic E-state index is 11.6. The molecule has 1 aromatic carbocycles. The summed E-state index contributed by atoms with van der Waals surface area (Å²) in [6.45, 7) is 0.594. The lowest BCUT2D eigenvalue weighted by Crippen LogP contribution is -2.10. The smallest absolute Gasteiger partial charge is 0.353 e. The number of aromatic nitrogens is 4. The molecule has 0 aliphatic carbocycles. The summed E-state index contributed by atoms with van der Waals surface area (Å²) >= 11 is 12.1. The third kappa shape index (κ3) is 3.62. The van der Waals surface area contributed by atoms with E-state index in [1.54, 1.807) is 6.11 Å². The number of tetrazole rings is 1. The molecule has 0 saturated heterocycles. The molecule has 2 aromatic rings. The van der Waals surface area contributed by atoms with Crippen LogP contribution in [0.4, 0.5) is 0 Å². The highest BCUT2D eigenvalue weighted by Gasteiger charge is 2.18. The normalized spacial score (nSPS) is 9.95. The highest BCUT2D eigenvalue weighted by atomic mass is 35.5. The van der Waals surface area contributed by atoms with Gasteiger partial charge in [0, 0.05) is 0 Å². The van der Waals surface area contributed by atoms with Gasteiger partial charge in [-0.2, -0.15) is 0 Å². The highest BCUT2D eigenvalue weighted by Crippen LogP contribution is 2.35. The van der Waals surface area contributed by atoms with E-state index < -0.39 is 5.97 Å². The van der Waals surface area contributed by atoms with Crippen molar-refractivity contribution in [2.75, 3.05) is 6.61 Å². The fourth-order valence-electron chi connectivity index (χ4n) is 1.45. The second kappa shape index (κ2) is 6.92. The molecule has 0 aliphatic rings. The van der Waals surface area contributed by atoms with E-state index in [2.05, 4.69) is 20.3 Å². The van der Waals surface area contributed by atoms with E-state index in [0.717, 1.165) is 0 Å². The van der Waals surface area contributed by atoms with Crippen LogP contribution in [0.3, 0.4) is 0 Å². The molecule has 0 unspecified atom stereocenters. The molecule has 0 N–H and O–H groups in total. The van der Waals surface area contributed by atoms with Gasteiger partial charge in [-0.3, -0.25) is 0 Å². The van der Waals surface area contributed by atoms with Gasteiger partial charge < -0.3 is 9.47 Å². The molecule has 0 atom stereocenters. The van der Waals surface area contributed by atoms with E-state index in [0.29, 0.717) is 6.54 Å². The average molecular weight is 327 g/mol. The number of rotatable bonds is 5. The summed E-state index contributed by atoms with van der Waals surface area (Å²) in [6.07, 6.45) is 8.12. The second-order valence-electron chi connectivity index (χ2n) is 3.67. The third-order valence-corrected chi connectivity index (χ3v) is 3.05. The van der Waals surface area contributed by atoms with Gasteiger partial charge in [0.1, 0.15) is 19.0 Å². The van der Waals surface area contributed by atoms with E-state index in [-0.39, 0.29) is 28.0 Å². The first-order valence-electron chi connectivity index (χ1n) is 5.62. The fourth-order valence-corrected chi connectivity index (χ4v) is 2.01. The number of carbonyl (C=O) groups is 1. The van der Waals surface area contributed by atoms with Crippen molar-refractivity contribution in [3.63, 3.8) is 0 Å². The Kier molecular flexibility index (Phi) is 4.98. The van der Waals surface area contributed by atoms with E-state index in [4.69, 9.17) is 34.4 Å². The quantitative estimate of drug-likeness (QED) is 0.615. The Morgan fingerprint density at radius 1 is 1.43 bits per heavy atom. The minimum absolute atomic E-state index is 0.0273.